The zero-order valence-electron chi connectivity index (χ0n) is 11.7. The van der Waals surface area contributed by atoms with Crippen LogP contribution in [-0.2, 0) is 20.7 Å². The Morgan fingerprint density at radius 1 is 1.40 bits per heavy atom. The van der Waals surface area contributed by atoms with Crippen LogP contribution >= 0.6 is 0 Å². The number of aryl methyl sites for hydroxylation is 1. The Kier molecular flexibility index (Phi) is 8.35. The average Bonchev–Trinajstić information content (AvgIpc) is 2.46. The summed E-state index contributed by atoms with van der Waals surface area (Å²) in [5.74, 6) is -0.451. The quantitative estimate of drug-likeness (QED) is 0.425. The summed E-state index contributed by atoms with van der Waals surface area (Å²) in [5.41, 5.74) is 1.24. The second-order valence-electron chi connectivity index (χ2n) is 4.37. The molecule has 1 atom stereocenters. The van der Waals surface area contributed by atoms with Gasteiger partial charge in [0.1, 0.15) is 12.7 Å². The second kappa shape index (κ2) is 10.2. The van der Waals surface area contributed by atoms with Gasteiger partial charge in [-0.3, -0.25) is 0 Å². The fraction of sp³-hybridized carbons (Fsp3) is 0.438. The van der Waals surface area contributed by atoms with E-state index in [2.05, 4.69) is 6.07 Å². The van der Waals surface area contributed by atoms with E-state index in [4.69, 9.17) is 9.47 Å². The predicted molar refractivity (Wildman–Crippen MR) is 76.2 cm³/mol. The van der Waals surface area contributed by atoms with Gasteiger partial charge in [0.05, 0.1) is 6.61 Å². The van der Waals surface area contributed by atoms with Gasteiger partial charge in [0.25, 0.3) is 0 Å². The van der Waals surface area contributed by atoms with E-state index < -0.39 is 12.1 Å². The number of aliphatic hydroxyl groups is 1. The zero-order valence-corrected chi connectivity index (χ0v) is 11.7. The summed E-state index contributed by atoms with van der Waals surface area (Å²) < 4.78 is 10.2. The van der Waals surface area contributed by atoms with Crippen LogP contribution in [0, 0.1) is 6.07 Å². The third-order valence-electron chi connectivity index (χ3n) is 2.57. The van der Waals surface area contributed by atoms with Gasteiger partial charge in [0.2, 0.25) is 0 Å². The van der Waals surface area contributed by atoms with Gasteiger partial charge in [0, 0.05) is 12.7 Å². The fourth-order valence-electron chi connectivity index (χ4n) is 1.60. The molecule has 1 N–H and O–H groups in total. The van der Waals surface area contributed by atoms with Crippen LogP contribution in [0.4, 0.5) is 0 Å². The fourth-order valence-corrected chi connectivity index (χ4v) is 1.60. The molecule has 109 valence electrons. The number of esters is 1. The Bertz CT molecular complexity index is 400. The van der Waals surface area contributed by atoms with Gasteiger partial charge in [-0.05, 0) is 31.4 Å². The summed E-state index contributed by atoms with van der Waals surface area (Å²) in [6, 6.07) is 10.8. The van der Waals surface area contributed by atoms with Crippen molar-refractivity contribution in [3.8, 4) is 0 Å². The monoisotopic (exact) mass is 277 g/mol. The van der Waals surface area contributed by atoms with Crippen LogP contribution in [0.2, 0.25) is 0 Å². The van der Waals surface area contributed by atoms with Crippen molar-refractivity contribution in [3.63, 3.8) is 0 Å². The van der Waals surface area contributed by atoms with Crippen molar-refractivity contribution >= 4 is 5.97 Å². The minimum absolute atomic E-state index is 0.0440. The lowest BCUT2D eigenvalue weighted by molar-refractivity contribution is -0.141. The lowest BCUT2D eigenvalue weighted by Gasteiger charge is -2.11. The van der Waals surface area contributed by atoms with E-state index in [0.717, 1.165) is 12.8 Å². The van der Waals surface area contributed by atoms with Crippen molar-refractivity contribution in [3.05, 3.63) is 48.0 Å². The van der Waals surface area contributed by atoms with Gasteiger partial charge < -0.3 is 14.6 Å². The minimum Gasteiger partial charge on any atom is -0.460 e. The number of rotatable bonds is 9. The summed E-state index contributed by atoms with van der Waals surface area (Å²) in [6.45, 7) is 2.42. The van der Waals surface area contributed by atoms with Crippen molar-refractivity contribution in [2.45, 2.75) is 25.9 Å². The molecule has 1 aromatic rings. The third kappa shape index (κ3) is 7.71. The van der Waals surface area contributed by atoms with E-state index in [1.165, 1.54) is 11.6 Å². The third-order valence-corrected chi connectivity index (χ3v) is 2.57. The molecule has 0 aliphatic heterocycles. The second-order valence-corrected chi connectivity index (χ2v) is 4.37. The van der Waals surface area contributed by atoms with Gasteiger partial charge >= 0.3 is 5.97 Å². The minimum atomic E-state index is -0.782. The van der Waals surface area contributed by atoms with Crippen LogP contribution in [0.15, 0.2) is 36.4 Å². The Morgan fingerprint density at radius 2 is 2.15 bits per heavy atom. The van der Waals surface area contributed by atoms with Gasteiger partial charge in [-0.1, -0.05) is 30.3 Å². The molecule has 1 radical (unpaired) electrons. The molecule has 1 rings (SSSR count). The highest BCUT2D eigenvalue weighted by atomic mass is 16.5. The van der Waals surface area contributed by atoms with Gasteiger partial charge in [-0.25, -0.2) is 4.79 Å². The molecule has 0 aliphatic rings. The molecule has 0 fully saturated rings. The smallest absolute Gasteiger partial charge is 0.330 e. The standard InChI is InChI=1S/C16H21O4/c1-2-7-16(18)20-13-15(17)12-19-11-6-10-14-8-4-3-5-9-14/h2,4-5,7-9,15,17H,6,10-13H2,1H3. The van der Waals surface area contributed by atoms with E-state index in [0.29, 0.717) is 6.61 Å². The van der Waals surface area contributed by atoms with Crippen molar-refractivity contribution in [2.24, 2.45) is 0 Å². The Hall–Kier alpha value is -1.65. The van der Waals surface area contributed by atoms with Crippen LogP contribution in [-0.4, -0.2) is 37.0 Å². The number of benzene rings is 1. The van der Waals surface area contributed by atoms with Gasteiger partial charge in [0.15, 0.2) is 0 Å². The van der Waals surface area contributed by atoms with Crippen molar-refractivity contribution < 1.29 is 19.4 Å². The summed E-state index contributed by atoms with van der Waals surface area (Å²) in [5, 5.41) is 9.55. The molecule has 0 bridgehead atoms. The maximum absolute atomic E-state index is 11.0. The average molecular weight is 277 g/mol. The molecule has 0 aliphatic carbocycles. The molecule has 0 aromatic heterocycles. The Labute approximate surface area is 120 Å². The Morgan fingerprint density at radius 3 is 2.85 bits per heavy atom. The van der Waals surface area contributed by atoms with Crippen LogP contribution in [0.3, 0.4) is 0 Å². The molecular weight excluding hydrogens is 256 g/mol. The molecule has 0 amide bonds. The van der Waals surface area contributed by atoms with E-state index >= 15 is 0 Å². The lowest BCUT2D eigenvalue weighted by atomic mass is 10.1. The number of hydrogen-bond acceptors (Lipinski definition) is 4. The number of aliphatic hydroxyl groups excluding tert-OH is 1. The summed E-state index contributed by atoms with van der Waals surface area (Å²) in [4.78, 5) is 11.0. The molecule has 0 saturated carbocycles. The Balaban J connectivity index is 2.02. The number of allylic oxidation sites excluding steroid dienone is 1. The molecule has 4 heteroatoms. The number of carbonyl (C=O) groups is 1. The van der Waals surface area contributed by atoms with Crippen LogP contribution < -0.4 is 0 Å². The molecule has 4 nitrogen and oxygen atoms in total. The highest BCUT2D eigenvalue weighted by molar-refractivity contribution is 5.81. The van der Waals surface area contributed by atoms with Crippen molar-refractivity contribution in [1.29, 1.82) is 0 Å². The zero-order chi connectivity index (χ0) is 14.6. The van der Waals surface area contributed by atoms with E-state index in [-0.39, 0.29) is 13.2 Å². The first-order chi connectivity index (χ1) is 9.72. The van der Waals surface area contributed by atoms with Crippen LogP contribution in [0.1, 0.15) is 18.9 Å². The molecular formula is C16H21O4. The number of ether oxygens (including phenoxy) is 2. The molecule has 1 unspecified atom stereocenters. The largest absolute Gasteiger partial charge is 0.460 e. The normalized spacial score (nSPS) is 12.5. The van der Waals surface area contributed by atoms with E-state index in [1.54, 1.807) is 13.0 Å². The first-order valence-electron chi connectivity index (χ1n) is 6.72. The molecule has 0 heterocycles. The first kappa shape index (κ1) is 16.4. The first-order valence-corrected chi connectivity index (χ1v) is 6.72. The predicted octanol–water partition coefficient (Wildman–Crippen LogP) is 1.92. The summed E-state index contributed by atoms with van der Waals surface area (Å²) in [7, 11) is 0. The van der Waals surface area contributed by atoms with Crippen LogP contribution in [0.5, 0.6) is 0 Å². The summed E-state index contributed by atoms with van der Waals surface area (Å²) in [6.07, 6.45) is 3.93. The molecule has 1 aromatic carbocycles. The SMILES string of the molecule is CC=CC(=O)OCC(O)COCCCc1cc[c]cc1. The lowest BCUT2D eigenvalue weighted by Crippen LogP contribution is -2.23. The van der Waals surface area contributed by atoms with E-state index in [1.807, 2.05) is 24.3 Å². The number of hydrogen-bond donors (Lipinski definition) is 1. The summed E-state index contributed by atoms with van der Waals surface area (Å²) >= 11 is 0. The highest BCUT2D eigenvalue weighted by Gasteiger charge is 2.06. The van der Waals surface area contributed by atoms with Crippen LogP contribution in [0.25, 0.3) is 0 Å². The van der Waals surface area contributed by atoms with Crippen molar-refractivity contribution in [1.82, 2.24) is 0 Å². The maximum Gasteiger partial charge on any atom is 0.330 e. The maximum atomic E-state index is 11.0. The van der Waals surface area contributed by atoms with Crippen molar-refractivity contribution in [2.75, 3.05) is 19.8 Å². The molecule has 0 saturated heterocycles. The number of carbonyl (C=O) groups excluding carboxylic acids is 1. The van der Waals surface area contributed by atoms with Gasteiger partial charge in [-0.15, -0.1) is 0 Å². The topological polar surface area (TPSA) is 55.8 Å². The van der Waals surface area contributed by atoms with E-state index in [9.17, 15) is 9.90 Å². The molecule has 0 spiro atoms. The van der Waals surface area contributed by atoms with Gasteiger partial charge in [-0.2, -0.15) is 0 Å². The molecule has 20 heavy (non-hydrogen) atoms. The highest BCUT2D eigenvalue weighted by Crippen LogP contribution is 2.02.